The molecule has 8 nitrogen and oxygen atoms in total. The fraction of sp³-hybridized carbons (Fsp3) is 0.667. The average molecular weight is 397 g/mol. The average Bonchev–Trinajstić information content (AvgIpc) is 3.22. The van der Waals surface area contributed by atoms with Crippen LogP contribution in [0.3, 0.4) is 0 Å². The first-order valence-corrected chi connectivity index (χ1v) is 11.1. The number of rotatable bonds is 5. The molecule has 3 rings (SSSR count). The van der Waals surface area contributed by atoms with Crippen molar-refractivity contribution < 1.29 is 22.4 Å². The predicted molar refractivity (Wildman–Crippen MR) is 99.5 cm³/mol. The second-order valence-electron chi connectivity index (χ2n) is 7.15. The number of sulfonamides is 1. The van der Waals surface area contributed by atoms with Crippen LogP contribution in [-0.2, 0) is 14.8 Å². The predicted octanol–water partition coefficient (Wildman–Crippen LogP) is 1.06. The van der Waals surface area contributed by atoms with Crippen LogP contribution in [0.2, 0.25) is 0 Å². The van der Waals surface area contributed by atoms with E-state index >= 15 is 0 Å². The zero-order valence-corrected chi connectivity index (χ0v) is 16.4. The number of nitrogens with zero attached hydrogens (tertiary/aromatic N) is 2. The van der Waals surface area contributed by atoms with Crippen LogP contribution in [0.4, 0.5) is 0 Å². The van der Waals surface area contributed by atoms with Crippen molar-refractivity contribution in [3.8, 4) is 0 Å². The maximum atomic E-state index is 12.7. The molecule has 0 spiro atoms. The van der Waals surface area contributed by atoms with Crippen molar-refractivity contribution in [1.82, 2.24) is 14.5 Å². The molecule has 1 N–H and O–H groups in total. The number of hydrogen-bond acceptors (Lipinski definition) is 5. The molecule has 27 heavy (non-hydrogen) atoms. The van der Waals surface area contributed by atoms with Gasteiger partial charge in [-0.25, -0.2) is 12.7 Å². The van der Waals surface area contributed by atoms with E-state index in [4.69, 9.17) is 4.42 Å². The molecule has 2 aliphatic rings. The van der Waals surface area contributed by atoms with E-state index in [2.05, 4.69) is 5.32 Å². The van der Waals surface area contributed by atoms with Crippen molar-refractivity contribution >= 4 is 21.8 Å². The van der Waals surface area contributed by atoms with Crippen molar-refractivity contribution in [2.24, 2.45) is 5.92 Å². The smallest absolute Gasteiger partial charge is 0.289 e. The molecule has 1 atom stereocenters. The van der Waals surface area contributed by atoms with Crippen molar-refractivity contribution in [2.45, 2.75) is 38.6 Å². The summed E-state index contributed by atoms with van der Waals surface area (Å²) in [7, 11) is -3.16. The van der Waals surface area contributed by atoms with E-state index in [-0.39, 0.29) is 29.5 Å². The highest BCUT2D eigenvalue weighted by Gasteiger charge is 2.32. The minimum Gasteiger partial charge on any atom is -0.459 e. The second-order valence-corrected chi connectivity index (χ2v) is 9.41. The van der Waals surface area contributed by atoms with E-state index in [1.807, 2.05) is 0 Å². The molecule has 3 heterocycles. The summed E-state index contributed by atoms with van der Waals surface area (Å²) in [4.78, 5) is 26.7. The number of hydrogen-bond donors (Lipinski definition) is 1. The van der Waals surface area contributed by atoms with Gasteiger partial charge in [-0.1, -0.05) is 0 Å². The molecule has 0 aliphatic carbocycles. The van der Waals surface area contributed by atoms with Gasteiger partial charge in [-0.05, 0) is 44.7 Å². The second kappa shape index (κ2) is 8.43. The normalized spacial score (nSPS) is 22.6. The monoisotopic (exact) mass is 397 g/mol. The summed E-state index contributed by atoms with van der Waals surface area (Å²) >= 11 is 0. The Kier molecular flexibility index (Phi) is 6.21. The molecular formula is C18H27N3O5S. The number of amides is 2. The lowest BCUT2D eigenvalue weighted by Gasteiger charge is -2.34. The molecule has 2 amide bonds. The fourth-order valence-corrected chi connectivity index (χ4v) is 4.84. The molecule has 0 bridgehead atoms. The maximum absolute atomic E-state index is 12.7. The van der Waals surface area contributed by atoms with E-state index in [0.717, 1.165) is 12.8 Å². The van der Waals surface area contributed by atoms with Crippen molar-refractivity contribution in [2.75, 3.05) is 31.9 Å². The number of furan rings is 1. The molecule has 2 saturated heterocycles. The third kappa shape index (κ3) is 4.70. The van der Waals surface area contributed by atoms with Crippen LogP contribution in [0.15, 0.2) is 22.8 Å². The molecule has 1 aromatic rings. The molecular weight excluding hydrogens is 370 g/mol. The van der Waals surface area contributed by atoms with Crippen molar-refractivity contribution in [3.63, 3.8) is 0 Å². The number of carbonyl (C=O) groups is 2. The van der Waals surface area contributed by atoms with Gasteiger partial charge in [-0.15, -0.1) is 0 Å². The van der Waals surface area contributed by atoms with Crippen LogP contribution < -0.4 is 5.32 Å². The van der Waals surface area contributed by atoms with E-state index in [1.165, 1.54) is 10.6 Å². The van der Waals surface area contributed by atoms with Gasteiger partial charge in [0, 0.05) is 32.2 Å². The Morgan fingerprint density at radius 3 is 2.59 bits per heavy atom. The third-order valence-electron chi connectivity index (χ3n) is 5.37. The van der Waals surface area contributed by atoms with Crippen LogP contribution in [0.5, 0.6) is 0 Å². The van der Waals surface area contributed by atoms with Gasteiger partial charge in [0.15, 0.2) is 5.76 Å². The van der Waals surface area contributed by atoms with E-state index in [9.17, 15) is 18.0 Å². The third-order valence-corrected chi connectivity index (χ3v) is 7.25. The maximum Gasteiger partial charge on any atom is 0.289 e. The molecule has 2 aliphatic heterocycles. The van der Waals surface area contributed by atoms with E-state index in [0.29, 0.717) is 44.8 Å². The molecule has 0 saturated carbocycles. The molecule has 0 aromatic carbocycles. The number of carbonyl (C=O) groups excluding carboxylic acids is 2. The Morgan fingerprint density at radius 2 is 1.96 bits per heavy atom. The minimum atomic E-state index is -3.16. The molecule has 2 fully saturated rings. The molecule has 0 radical (unpaired) electrons. The Labute approximate surface area is 159 Å². The summed E-state index contributed by atoms with van der Waals surface area (Å²) in [5.41, 5.74) is 0. The van der Waals surface area contributed by atoms with Gasteiger partial charge < -0.3 is 14.6 Å². The van der Waals surface area contributed by atoms with Crippen molar-refractivity contribution in [1.29, 1.82) is 0 Å². The lowest BCUT2D eigenvalue weighted by Crippen LogP contribution is -2.51. The van der Waals surface area contributed by atoms with Gasteiger partial charge in [-0.3, -0.25) is 9.59 Å². The van der Waals surface area contributed by atoms with Gasteiger partial charge in [0.25, 0.3) is 5.91 Å². The summed E-state index contributed by atoms with van der Waals surface area (Å²) in [6, 6.07) is 3.29. The first-order chi connectivity index (χ1) is 12.9. The van der Waals surface area contributed by atoms with Crippen LogP contribution in [0.25, 0.3) is 0 Å². The van der Waals surface area contributed by atoms with E-state index in [1.54, 1.807) is 24.0 Å². The summed E-state index contributed by atoms with van der Waals surface area (Å²) in [5, 5.41) is 3.05. The van der Waals surface area contributed by atoms with Crippen LogP contribution in [0.1, 0.15) is 43.2 Å². The molecule has 0 unspecified atom stereocenters. The van der Waals surface area contributed by atoms with Crippen LogP contribution in [0, 0.1) is 5.92 Å². The zero-order valence-electron chi connectivity index (χ0n) is 15.6. The SMILES string of the molecule is CCS(=O)(=O)N1CCC(NC(=O)[C@@H]2CCCN(C(=O)c3ccco3)C2)CC1. The minimum absolute atomic E-state index is 0.0167. The standard InChI is InChI=1S/C18H27N3O5S/c1-2-27(24,25)21-10-7-15(8-11-21)19-17(22)14-5-3-9-20(13-14)18(23)16-6-4-12-26-16/h4,6,12,14-15H,2-3,5,7-11,13H2,1H3,(H,19,22)/t14-/m1/s1. The Morgan fingerprint density at radius 1 is 1.22 bits per heavy atom. The first kappa shape index (κ1) is 19.9. The van der Waals surface area contributed by atoms with E-state index < -0.39 is 10.0 Å². The zero-order chi connectivity index (χ0) is 19.4. The quantitative estimate of drug-likeness (QED) is 0.801. The lowest BCUT2D eigenvalue weighted by molar-refractivity contribution is -0.127. The highest BCUT2D eigenvalue weighted by Crippen LogP contribution is 2.21. The van der Waals surface area contributed by atoms with Crippen LogP contribution >= 0.6 is 0 Å². The molecule has 150 valence electrons. The molecule has 1 aromatic heterocycles. The number of nitrogens with one attached hydrogen (secondary N) is 1. The molecule has 9 heteroatoms. The highest BCUT2D eigenvalue weighted by atomic mass is 32.2. The largest absolute Gasteiger partial charge is 0.459 e. The first-order valence-electron chi connectivity index (χ1n) is 9.51. The summed E-state index contributed by atoms with van der Waals surface area (Å²) < 4.78 is 30.5. The Balaban J connectivity index is 1.50. The summed E-state index contributed by atoms with van der Waals surface area (Å²) in [6.07, 6.45) is 4.22. The van der Waals surface area contributed by atoms with Gasteiger partial charge in [0.2, 0.25) is 15.9 Å². The van der Waals surface area contributed by atoms with Gasteiger partial charge in [0.1, 0.15) is 0 Å². The van der Waals surface area contributed by atoms with Gasteiger partial charge in [-0.2, -0.15) is 0 Å². The summed E-state index contributed by atoms with van der Waals surface area (Å²) in [5.74, 6) is -0.0824. The van der Waals surface area contributed by atoms with Crippen LogP contribution in [-0.4, -0.2) is 67.4 Å². The lowest BCUT2D eigenvalue weighted by atomic mass is 9.95. The van der Waals surface area contributed by atoms with Gasteiger partial charge >= 0.3 is 0 Å². The number of likely N-dealkylation sites (tertiary alicyclic amines) is 1. The number of piperidine rings is 2. The van der Waals surface area contributed by atoms with Crippen molar-refractivity contribution in [3.05, 3.63) is 24.2 Å². The Hall–Kier alpha value is -1.87. The summed E-state index contributed by atoms with van der Waals surface area (Å²) in [6.45, 7) is 3.52. The Bertz CT molecular complexity index is 754. The van der Waals surface area contributed by atoms with Gasteiger partial charge in [0.05, 0.1) is 17.9 Å². The highest BCUT2D eigenvalue weighted by molar-refractivity contribution is 7.89. The topological polar surface area (TPSA) is 99.9 Å². The fourth-order valence-electron chi connectivity index (χ4n) is 3.71.